The van der Waals surface area contributed by atoms with Crippen LogP contribution >= 0.6 is 27.7 Å². The third-order valence-electron chi connectivity index (χ3n) is 3.03. The van der Waals surface area contributed by atoms with Crippen molar-refractivity contribution in [1.82, 2.24) is 4.90 Å². The Bertz CT molecular complexity index is 433. The maximum atomic E-state index is 12.0. The quantitative estimate of drug-likeness (QED) is 0.684. The summed E-state index contributed by atoms with van der Waals surface area (Å²) in [5, 5.41) is 0. The minimum absolute atomic E-state index is 0.224. The van der Waals surface area contributed by atoms with E-state index in [-0.39, 0.29) is 5.91 Å². The number of benzene rings is 1. The fourth-order valence-electron chi connectivity index (χ4n) is 2.02. The number of nitrogens with zero attached hydrogens (tertiary/aromatic N) is 1. The fourth-order valence-corrected chi connectivity index (χ4v) is 3.26. The van der Waals surface area contributed by atoms with Gasteiger partial charge in [0.25, 0.3) is 0 Å². The average Bonchev–Trinajstić information content (AvgIpc) is 2.38. The number of nitrogen functional groups attached to an aromatic ring is 1. The van der Waals surface area contributed by atoms with Gasteiger partial charge >= 0.3 is 0 Å². The van der Waals surface area contributed by atoms with Gasteiger partial charge in [-0.15, -0.1) is 11.8 Å². The number of likely N-dealkylation sites (tertiary alicyclic amines) is 1. The first-order valence-corrected chi connectivity index (χ1v) is 7.90. The molecule has 1 aliphatic heterocycles. The summed E-state index contributed by atoms with van der Waals surface area (Å²) in [7, 11) is 0. The second kappa shape index (κ2) is 6.48. The van der Waals surface area contributed by atoms with E-state index in [1.807, 2.05) is 23.1 Å². The number of nitrogens with two attached hydrogens (primary N) is 1. The highest BCUT2D eigenvalue weighted by Gasteiger charge is 2.16. The lowest BCUT2D eigenvalue weighted by molar-refractivity contribution is -0.129. The molecule has 1 amide bonds. The number of hydrogen-bond acceptors (Lipinski definition) is 3. The van der Waals surface area contributed by atoms with Crippen molar-refractivity contribution in [2.45, 2.75) is 24.2 Å². The van der Waals surface area contributed by atoms with E-state index < -0.39 is 0 Å². The van der Waals surface area contributed by atoms with Crippen molar-refractivity contribution in [3.8, 4) is 0 Å². The van der Waals surface area contributed by atoms with Crippen LogP contribution in [0.25, 0.3) is 0 Å². The van der Waals surface area contributed by atoms with Gasteiger partial charge in [-0.25, -0.2) is 0 Å². The van der Waals surface area contributed by atoms with Gasteiger partial charge in [0, 0.05) is 28.1 Å². The Balaban J connectivity index is 1.88. The Morgan fingerprint density at radius 2 is 2.06 bits per heavy atom. The standard InChI is InChI=1S/C13H17BrN2OS/c14-10-4-5-12(11(15)8-10)18-9-13(17)16-6-2-1-3-7-16/h4-5,8H,1-3,6-7,9,15H2. The largest absolute Gasteiger partial charge is 0.398 e. The first-order valence-electron chi connectivity index (χ1n) is 6.12. The number of carbonyl (C=O) groups excluding carboxylic acids is 1. The second-order valence-electron chi connectivity index (χ2n) is 4.41. The SMILES string of the molecule is Nc1cc(Br)ccc1SCC(=O)N1CCCCC1. The molecule has 1 aromatic rings. The molecule has 18 heavy (non-hydrogen) atoms. The summed E-state index contributed by atoms with van der Waals surface area (Å²) in [6.07, 6.45) is 3.52. The number of carbonyl (C=O) groups is 1. The molecular weight excluding hydrogens is 312 g/mol. The Morgan fingerprint density at radius 3 is 2.72 bits per heavy atom. The lowest BCUT2D eigenvalue weighted by atomic mass is 10.1. The van der Waals surface area contributed by atoms with Crippen LogP contribution in [0.1, 0.15) is 19.3 Å². The summed E-state index contributed by atoms with van der Waals surface area (Å²) < 4.78 is 0.965. The number of thioether (sulfide) groups is 1. The fraction of sp³-hybridized carbons (Fsp3) is 0.462. The van der Waals surface area contributed by atoms with Crippen molar-refractivity contribution in [2.24, 2.45) is 0 Å². The Kier molecular flexibility index (Phi) is 4.95. The van der Waals surface area contributed by atoms with Crippen LogP contribution in [0.3, 0.4) is 0 Å². The van der Waals surface area contributed by atoms with Crippen LogP contribution in [0.4, 0.5) is 5.69 Å². The van der Waals surface area contributed by atoms with E-state index in [2.05, 4.69) is 15.9 Å². The topological polar surface area (TPSA) is 46.3 Å². The van der Waals surface area contributed by atoms with Gasteiger partial charge in [-0.2, -0.15) is 0 Å². The molecule has 2 rings (SSSR count). The molecule has 1 heterocycles. The van der Waals surface area contributed by atoms with E-state index >= 15 is 0 Å². The van der Waals surface area contributed by atoms with Crippen LogP contribution in [0, 0.1) is 0 Å². The van der Waals surface area contributed by atoms with Crippen LogP contribution in [0.5, 0.6) is 0 Å². The molecule has 1 saturated heterocycles. The zero-order valence-electron chi connectivity index (χ0n) is 10.2. The van der Waals surface area contributed by atoms with Crippen LogP contribution in [-0.2, 0) is 4.79 Å². The van der Waals surface area contributed by atoms with Gasteiger partial charge in [0.2, 0.25) is 5.91 Å². The first-order chi connectivity index (χ1) is 8.66. The summed E-state index contributed by atoms with van der Waals surface area (Å²) in [4.78, 5) is 14.9. The summed E-state index contributed by atoms with van der Waals surface area (Å²) in [5.74, 6) is 0.702. The number of piperidine rings is 1. The number of halogens is 1. The third-order valence-corrected chi connectivity index (χ3v) is 4.60. The van der Waals surface area contributed by atoms with E-state index in [0.29, 0.717) is 5.75 Å². The van der Waals surface area contributed by atoms with Crippen LogP contribution in [0.15, 0.2) is 27.6 Å². The minimum atomic E-state index is 0.224. The van der Waals surface area contributed by atoms with Crippen molar-refractivity contribution < 1.29 is 4.79 Å². The highest BCUT2D eigenvalue weighted by molar-refractivity contribution is 9.10. The molecule has 0 radical (unpaired) electrons. The molecule has 0 aliphatic carbocycles. The summed E-state index contributed by atoms with van der Waals surface area (Å²) in [5.41, 5.74) is 6.63. The maximum Gasteiger partial charge on any atom is 0.232 e. The van der Waals surface area contributed by atoms with Crippen molar-refractivity contribution in [1.29, 1.82) is 0 Å². The maximum absolute atomic E-state index is 12.0. The molecule has 98 valence electrons. The zero-order valence-corrected chi connectivity index (χ0v) is 12.6. The molecule has 0 spiro atoms. The van der Waals surface area contributed by atoms with E-state index in [1.165, 1.54) is 18.2 Å². The van der Waals surface area contributed by atoms with Crippen molar-refractivity contribution >= 4 is 39.3 Å². The van der Waals surface area contributed by atoms with E-state index in [0.717, 1.165) is 41.0 Å². The summed E-state index contributed by atoms with van der Waals surface area (Å²) in [6, 6.07) is 5.77. The lowest BCUT2D eigenvalue weighted by Crippen LogP contribution is -2.36. The first kappa shape index (κ1) is 13.7. The number of rotatable bonds is 3. The van der Waals surface area contributed by atoms with Gasteiger partial charge in [0.1, 0.15) is 0 Å². The van der Waals surface area contributed by atoms with E-state index in [4.69, 9.17) is 5.73 Å². The van der Waals surface area contributed by atoms with E-state index in [1.54, 1.807) is 0 Å². The monoisotopic (exact) mass is 328 g/mol. The third kappa shape index (κ3) is 3.65. The smallest absolute Gasteiger partial charge is 0.232 e. The molecule has 0 saturated carbocycles. The predicted octanol–water partition coefficient (Wildman–Crippen LogP) is 3.14. The predicted molar refractivity (Wildman–Crippen MR) is 79.7 cm³/mol. The molecule has 0 unspecified atom stereocenters. The average molecular weight is 329 g/mol. The molecule has 1 aliphatic rings. The molecular formula is C13H17BrN2OS. The number of anilines is 1. The Morgan fingerprint density at radius 1 is 1.33 bits per heavy atom. The van der Waals surface area contributed by atoms with Crippen LogP contribution in [0.2, 0.25) is 0 Å². The van der Waals surface area contributed by atoms with Gasteiger partial charge in [-0.05, 0) is 37.5 Å². The number of hydrogen-bond donors (Lipinski definition) is 1. The van der Waals surface area contributed by atoms with Crippen LogP contribution in [-0.4, -0.2) is 29.6 Å². The van der Waals surface area contributed by atoms with Crippen LogP contribution < -0.4 is 5.73 Å². The Hall–Kier alpha value is -0.680. The van der Waals surface area contributed by atoms with Gasteiger partial charge in [0.15, 0.2) is 0 Å². The summed E-state index contributed by atoms with van der Waals surface area (Å²) >= 11 is 4.89. The molecule has 2 N–H and O–H groups in total. The minimum Gasteiger partial charge on any atom is -0.398 e. The van der Waals surface area contributed by atoms with Gasteiger partial charge in [-0.1, -0.05) is 15.9 Å². The molecule has 3 nitrogen and oxygen atoms in total. The summed E-state index contributed by atoms with van der Waals surface area (Å²) in [6.45, 7) is 1.82. The molecule has 5 heteroatoms. The number of amides is 1. The van der Waals surface area contributed by atoms with Gasteiger partial charge in [0.05, 0.1) is 5.75 Å². The highest BCUT2D eigenvalue weighted by Crippen LogP contribution is 2.28. The zero-order chi connectivity index (χ0) is 13.0. The molecule has 0 atom stereocenters. The van der Waals surface area contributed by atoms with Crippen molar-refractivity contribution in [3.05, 3.63) is 22.7 Å². The van der Waals surface area contributed by atoms with E-state index in [9.17, 15) is 4.79 Å². The normalized spacial score (nSPS) is 15.7. The highest BCUT2D eigenvalue weighted by atomic mass is 79.9. The Labute approximate surface area is 120 Å². The molecule has 0 aromatic heterocycles. The molecule has 0 bridgehead atoms. The molecule has 1 fully saturated rings. The van der Waals surface area contributed by atoms with Crippen molar-refractivity contribution in [3.63, 3.8) is 0 Å². The van der Waals surface area contributed by atoms with Gasteiger partial charge < -0.3 is 10.6 Å². The van der Waals surface area contributed by atoms with Gasteiger partial charge in [-0.3, -0.25) is 4.79 Å². The molecule has 1 aromatic carbocycles. The lowest BCUT2D eigenvalue weighted by Gasteiger charge is -2.26. The van der Waals surface area contributed by atoms with Crippen molar-refractivity contribution in [2.75, 3.05) is 24.6 Å². The second-order valence-corrected chi connectivity index (χ2v) is 6.35.